The lowest BCUT2D eigenvalue weighted by Gasteiger charge is -2.02. The van der Waals surface area contributed by atoms with Crippen LogP contribution < -0.4 is 0 Å². The summed E-state index contributed by atoms with van der Waals surface area (Å²) in [5, 5.41) is 1.15. The number of carbonyl (C=O) groups excluding carboxylic acids is 1. The lowest BCUT2D eigenvalue weighted by Crippen LogP contribution is -1.97. The second-order valence-electron chi connectivity index (χ2n) is 4.36. The molecule has 0 amide bonds. The molecule has 0 spiro atoms. The Kier molecular flexibility index (Phi) is 1.97. The predicted molar refractivity (Wildman–Crippen MR) is 79.4 cm³/mol. The van der Waals surface area contributed by atoms with E-state index >= 15 is 0 Å². The minimum absolute atomic E-state index is 0.131. The molecule has 86 valence electrons. The fraction of sp³-hybridized carbons (Fsp3) is 0. The second kappa shape index (κ2) is 3.45. The number of aromatic nitrogens is 1. The Bertz CT molecular complexity index is 816. The smallest absolute Gasteiger partial charge is 0.212 e. The van der Waals surface area contributed by atoms with Crippen LogP contribution in [0.1, 0.15) is 16.1 Å². The van der Waals surface area contributed by atoms with Gasteiger partial charge in [-0.25, -0.2) is 0 Å². The average molecular weight is 345 g/mol. The van der Waals surface area contributed by atoms with E-state index in [2.05, 4.69) is 39.3 Å². The first-order valence-corrected chi connectivity index (χ1v) is 6.80. The number of halogens is 1. The van der Waals surface area contributed by atoms with E-state index in [4.69, 9.17) is 0 Å². The van der Waals surface area contributed by atoms with Crippen molar-refractivity contribution in [3.8, 4) is 5.69 Å². The molecule has 0 aliphatic carbocycles. The van der Waals surface area contributed by atoms with Gasteiger partial charge < -0.3 is 4.57 Å². The van der Waals surface area contributed by atoms with E-state index < -0.39 is 0 Å². The van der Waals surface area contributed by atoms with Crippen molar-refractivity contribution in [2.45, 2.75) is 0 Å². The molecule has 0 saturated heterocycles. The van der Waals surface area contributed by atoms with Crippen molar-refractivity contribution >= 4 is 39.3 Å². The normalized spacial score (nSPS) is 12.8. The van der Waals surface area contributed by atoms with Crippen LogP contribution in [-0.2, 0) is 0 Å². The SMILES string of the molecule is O=C1c2ccccc2-n2c1c(I)c1ccccc12. The van der Waals surface area contributed by atoms with E-state index in [1.807, 2.05) is 36.4 Å². The number of carbonyl (C=O) groups is 1. The van der Waals surface area contributed by atoms with Crippen LogP contribution in [0.2, 0.25) is 0 Å². The maximum Gasteiger partial charge on any atom is 0.212 e. The van der Waals surface area contributed by atoms with Crippen LogP contribution in [0.25, 0.3) is 16.6 Å². The van der Waals surface area contributed by atoms with Gasteiger partial charge in [-0.15, -0.1) is 0 Å². The molecule has 0 saturated carbocycles. The number of fused-ring (bicyclic) bond motifs is 5. The van der Waals surface area contributed by atoms with E-state index in [9.17, 15) is 4.79 Å². The molecule has 3 aromatic rings. The summed E-state index contributed by atoms with van der Waals surface area (Å²) in [6, 6.07) is 15.9. The Hall–Kier alpha value is -1.62. The molecular formula is C15H8INO. The summed E-state index contributed by atoms with van der Waals surface area (Å²) in [5.41, 5.74) is 3.71. The summed E-state index contributed by atoms with van der Waals surface area (Å²) < 4.78 is 3.12. The van der Waals surface area contributed by atoms with Gasteiger partial charge in [0.05, 0.1) is 14.8 Å². The number of benzene rings is 2. The van der Waals surface area contributed by atoms with Crippen LogP contribution in [0.3, 0.4) is 0 Å². The molecule has 1 aromatic heterocycles. The van der Waals surface area contributed by atoms with Gasteiger partial charge in [-0.1, -0.05) is 30.3 Å². The number of rotatable bonds is 0. The van der Waals surface area contributed by atoms with Crippen molar-refractivity contribution in [3.63, 3.8) is 0 Å². The molecule has 3 heteroatoms. The highest BCUT2D eigenvalue weighted by Gasteiger charge is 2.31. The van der Waals surface area contributed by atoms with Crippen molar-refractivity contribution in [1.29, 1.82) is 0 Å². The highest BCUT2D eigenvalue weighted by atomic mass is 127. The van der Waals surface area contributed by atoms with Crippen molar-refractivity contribution < 1.29 is 4.79 Å². The van der Waals surface area contributed by atoms with Gasteiger partial charge in [0, 0.05) is 10.9 Å². The molecule has 0 unspecified atom stereocenters. The first-order valence-electron chi connectivity index (χ1n) is 5.72. The van der Waals surface area contributed by atoms with Gasteiger partial charge in [-0.05, 0) is 40.8 Å². The third-order valence-electron chi connectivity index (χ3n) is 3.42. The van der Waals surface area contributed by atoms with Crippen molar-refractivity contribution in [2.24, 2.45) is 0 Å². The minimum atomic E-state index is 0.131. The zero-order chi connectivity index (χ0) is 12.3. The lowest BCUT2D eigenvalue weighted by molar-refractivity contribution is 0.103. The van der Waals surface area contributed by atoms with Gasteiger partial charge in [0.2, 0.25) is 5.78 Å². The fourth-order valence-corrected chi connectivity index (χ4v) is 3.58. The van der Waals surface area contributed by atoms with Gasteiger partial charge >= 0.3 is 0 Å². The van der Waals surface area contributed by atoms with Crippen LogP contribution in [0.4, 0.5) is 0 Å². The lowest BCUT2D eigenvalue weighted by atomic mass is 10.1. The molecule has 4 rings (SSSR count). The highest BCUT2D eigenvalue weighted by molar-refractivity contribution is 14.1. The minimum Gasteiger partial charge on any atom is -0.305 e. The van der Waals surface area contributed by atoms with Crippen molar-refractivity contribution in [1.82, 2.24) is 4.57 Å². The molecule has 2 aromatic carbocycles. The third kappa shape index (κ3) is 1.10. The quantitative estimate of drug-likeness (QED) is 0.445. The van der Waals surface area contributed by atoms with E-state index in [0.29, 0.717) is 0 Å². The summed E-state index contributed by atoms with van der Waals surface area (Å²) in [7, 11) is 0. The molecule has 0 fully saturated rings. The Labute approximate surface area is 117 Å². The molecule has 0 atom stereocenters. The zero-order valence-corrected chi connectivity index (χ0v) is 11.5. The van der Waals surface area contributed by atoms with Gasteiger partial charge in [0.25, 0.3) is 0 Å². The van der Waals surface area contributed by atoms with Crippen LogP contribution in [0.15, 0.2) is 48.5 Å². The van der Waals surface area contributed by atoms with Crippen molar-refractivity contribution in [2.75, 3.05) is 0 Å². The molecule has 0 bridgehead atoms. The molecule has 18 heavy (non-hydrogen) atoms. The molecule has 0 radical (unpaired) electrons. The Morgan fingerprint density at radius 1 is 0.944 bits per heavy atom. The highest BCUT2D eigenvalue weighted by Crippen LogP contribution is 2.37. The molecule has 2 heterocycles. The topological polar surface area (TPSA) is 22.0 Å². The third-order valence-corrected chi connectivity index (χ3v) is 4.51. The summed E-state index contributed by atoms with van der Waals surface area (Å²) in [5.74, 6) is 0.131. The Morgan fingerprint density at radius 3 is 2.56 bits per heavy atom. The monoisotopic (exact) mass is 345 g/mol. The number of hydrogen-bond acceptors (Lipinski definition) is 1. The van der Waals surface area contributed by atoms with Crippen molar-refractivity contribution in [3.05, 3.63) is 63.4 Å². The number of hydrogen-bond donors (Lipinski definition) is 0. The van der Waals surface area contributed by atoms with Crippen LogP contribution in [0.5, 0.6) is 0 Å². The maximum absolute atomic E-state index is 12.5. The zero-order valence-electron chi connectivity index (χ0n) is 9.35. The Balaban J connectivity index is 2.26. The van der Waals surface area contributed by atoms with E-state index in [-0.39, 0.29) is 5.78 Å². The van der Waals surface area contributed by atoms with Gasteiger partial charge in [0.15, 0.2) is 0 Å². The summed E-state index contributed by atoms with van der Waals surface area (Å²) >= 11 is 2.27. The van der Waals surface area contributed by atoms with Gasteiger partial charge in [-0.2, -0.15) is 0 Å². The van der Waals surface area contributed by atoms with E-state index in [1.54, 1.807) is 0 Å². The number of ketones is 1. The van der Waals surface area contributed by atoms with Crippen LogP contribution in [0, 0.1) is 3.57 Å². The number of nitrogens with zero attached hydrogens (tertiary/aromatic N) is 1. The average Bonchev–Trinajstić information content (AvgIpc) is 2.87. The predicted octanol–water partition coefficient (Wildman–Crippen LogP) is 3.78. The summed E-state index contributed by atoms with van der Waals surface area (Å²) in [6.07, 6.45) is 0. The molecule has 0 N–H and O–H groups in total. The molecule has 1 aliphatic rings. The van der Waals surface area contributed by atoms with Gasteiger partial charge in [-0.3, -0.25) is 4.79 Å². The van der Waals surface area contributed by atoms with Crippen LogP contribution in [-0.4, -0.2) is 10.4 Å². The second-order valence-corrected chi connectivity index (χ2v) is 5.44. The number of para-hydroxylation sites is 2. The molecule has 1 aliphatic heterocycles. The van der Waals surface area contributed by atoms with E-state index in [0.717, 1.165) is 31.4 Å². The summed E-state index contributed by atoms with van der Waals surface area (Å²) in [6.45, 7) is 0. The largest absolute Gasteiger partial charge is 0.305 e. The first-order chi connectivity index (χ1) is 8.79. The molecule has 2 nitrogen and oxygen atoms in total. The fourth-order valence-electron chi connectivity index (χ4n) is 2.64. The maximum atomic E-state index is 12.5. The van der Waals surface area contributed by atoms with Gasteiger partial charge in [0.1, 0.15) is 5.69 Å². The summed E-state index contributed by atoms with van der Waals surface area (Å²) in [4.78, 5) is 12.5. The molecular weight excluding hydrogens is 337 g/mol. The first kappa shape index (κ1) is 10.3. The van der Waals surface area contributed by atoms with Crippen LogP contribution >= 0.6 is 22.6 Å². The standard InChI is InChI=1S/C15H8INO/c16-13-9-5-1-3-7-11(9)17-12-8-4-2-6-10(12)15(18)14(13)17/h1-8H. The van der Waals surface area contributed by atoms with E-state index in [1.165, 1.54) is 0 Å². The Morgan fingerprint density at radius 2 is 1.67 bits per heavy atom.